The van der Waals surface area contributed by atoms with Crippen LogP contribution in [0.25, 0.3) is 0 Å². The van der Waals surface area contributed by atoms with Crippen LogP contribution in [0.15, 0.2) is 18.2 Å². The minimum absolute atomic E-state index is 0.169. The van der Waals surface area contributed by atoms with Gasteiger partial charge in [0.15, 0.2) is 0 Å². The summed E-state index contributed by atoms with van der Waals surface area (Å²) in [6, 6.07) is 5.26. The van der Waals surface area contributed by atoms with Gasteiger partial charge in [-0.1, -0.05) is 13.0 Å². The first-order valence-electron chi connectivity index (χ1n) is 9.27. The van der Waals surface area contributed by atoms with Gasteiger partial charge in [0.05, 0.1) is 18.9 Å². The van der Waals surface area contributed by atoms with Crippen molar-refractivity contribution >= 4 is 11.7 Å². The average Bonchev–Trinajstić information content (AvgIpc) is 2.63. The van der Waals surface area contributed by atoms with Crippen molar-refractivity contribution in [3.05, 3.63) is 29.6 Å². The van der Waals surface area contributed by atoms with Crippen LogP contribution in [0.3, 0.4) is 0 Å². The molecular weight excluding hydrogens is 321 g/mol. The molecule has 1 heterocycles. The van der Waals surface area contributed by atoms with Crippen LogP contribution >= 0.6 is 0 Å². The molecule has 6 heteroatoms. The molecule has 0 spiro atoms. The van der Waals surface area contributed by atoms with E-state index >= 15 is 0 Å². The molecule has 0 radical (unpaired) electrons. The molecule has 1 saturated heterocycles. The van der Waals surface area contributed by atoms with Crippen molar-refractivity contribution in [2.45, 2.75) is 45.2 Å². The molecule has 1 aliphatic heterocycles. The lowest BCUT2D eigenvalue weighted by Gasteiger charge is -2.29. The van der Waals surface area contributed by atoms with Gasteiger partial charge in [-0.15, -0.1) is 0 Å². The van der Waals surface area contributed by atoms with Crippen LogP contribution in [0.5, 0.6) is 0 Å². The lowest BCUT2D eigenvalue weighted by atomic mass is 9.87. The Hall–Kier alpha value is -1.82. The van der Waals surface area contributed by atoms with Crippen molar-refractivity contribution in [3.8, 4) is 0 Å². The quantitative estimate of drug-likeness (QED) is 0.878. The second kappa shape index (κ2) is 8.52. The molecule has 1 aromatic rings. The summed E-state index contributed by atoms with van der Waals surface area (Å²) in [7, 11) is 0. The summed E-state index contributed by atoms with van der Waals surface area (Å²) in [5, 5.41) is 5.85. The lowest BCUT2D eigenvalue weighted by molar-refractivity contribution is 0.122. The minimum Gasteiger partial charge on any atom is -0.378 e. The topological polar surface area (TPSA) is 53.6 Å². The Morgan fingerprint density at radius 2 is 1.96 bits per heavy atom. The predicted octanol–water partition coefficient (Wildman–Crippen LogP) is 3.04. The molecule has 1 saturated carbocycles. The third-order valence-electron chi connectivity index (χ3n) is 5.17. The number of morpholine rings is 1. The van der Waals surface area contributed by atoms with Gasteiger partial charge in [-0.05, 0) is 49.3 Å². The third-order valence-corrected chi connectivity index (χ3v) is 5.17. The van der Waals surface area contributed by atoms with Gasteiger partial charge in [0.1, 0.15) is 5.82 Å². The predicted molar refractivity (Wildman–Crippen MR) is 96.2 cm³/mol. The molecule has 2 N–H and O–H groups in total. The van der Waals surface area contributed by atoms with E-state index in [-0.39, 0.29) is 17.9 Å². The summed E-state index contributed by atoms with van der Waals surface area (Å²) in [5.41, 5.74) is 1.37. The van der Waals surface area contributed by atoms with Gasteiger partial charge in [0, 0.05) is 25.7 Å². The fraction of sp³-hybridized carbons (Fsp3) is 0.632. The maximum absolute atomic E-state index is 14.4. The monoisotopic (exact) mass is 349 g/mol. The summed E-state index contributed by atoms with van der Waals surface area (Å²) in [5.74, 6) is 0.511. The number of carbonyl (C=O) groups excluding carboxylic acids is 1. The zero-order chi connectivity index (χ0) is 17.6. The lowest BCUT2D eigenvalue weighted by Crippen LogP contribution is -2.43. The number of nitrogens with zero attached hydrogens (tertiary/aromatic N) is 1. The number of urea groups is 1. The molecule has 3 rings (SSSR count). The van der Waals surface area contributed by atoms with Gasteiger partial charge in [-0.25, -0.2) is 9.18 Å². The molecule has 1 aliphatic carbocycles. The molecule has 1 aromatic carbocycles. The number of anilines is 1. The summed E-state index contributed by atoms with van der Waals surface area (Å²) in [4.78, 5) is 14.0. The number of nitrogens with one attached hydrogen (secondary N) is 2. The number of hydrogen-bond acceptors (Lipinski definition) is 3. The number of hydrogen-bond donors (Lipinski definition) is 2. The van der Waals surface area contributed by atoms with Gasteiger partial charge in [-0.3, -0.25) is 0 Å². The number of halogens is 1. The Balaban J connectivity index is 1.47. The molecule has 5 nitrogen and oxygen atoms in total. The van der Waals surface area contributed by atoms with Crippen LogP contribution < -0.4 is 15.5 Å². The van der Waals surface area contributed by atoms with Crippen molar-refractivity contribution in [3.63, 3.8) is 0 Å². The van der Waals surface area contributed by atoms with Crippen molar-refractivity contribution < 1.29 is 13.9 Å². The number of benzene rings is 1. The standard InChI is InChI=1S/C19H28FN3O2/c1-14-2-5-16(6-3-14)22-19(24)21-13-15-4-7-18(17(20)12-15)23-8-10-25-11-9-23/h4,7,12,14,16H,2-3,5-6,8-11,13H2,1H3,(H2,21,22,24). The summed E-state index contributed by atoms with van der Waals surface area (Å²) >= 11 is 0. The average molecular weight is 349 g/mol. The molecule has 0 aromatic heterocycles. The third kappa shape index (κ3) is 5.08. The smallest absolute Gasteiger partial charge is 0.315 e. The fourth-order valence-corrected chi connectivity index (χ4v) is 3.54. The van der Waals surface area contributed by atoms with E-state index in [9.17, 15) is 9.18 Å². The summed E-state index contributed by atoms with van der Waals surface area (Å²) < 4.78 is 19.7. The zero-order valence-corrected chi connectivity index (χ0v) is 14.9. The molecule has 25 heavy (non-hydrogen) atoms. The number of rotatable bonds is 4. The first-order chi connectivity index (χ1) is 12.1. The van der Waals surface area contributed by atoms with Crippen molar-refractivity contribution in [2.75, 3.05) is 31.2 Å². The highest BCUT2D eigenvalue weighted by atomic mass is 19.1. The first-order valence-corrected chi connectivity index (χ1v) is 9.27. The van der Waals surface area contributed by atoms with Crippen LogP contribution in [0.4, 0.5) is 14.9 Å². The molecule has 0 unspecified atom stereocenters. The van der Waals surface area contributed by atoms with E-state index in [0.29, 0.717) is 38.5 Å². The normalized spacial score (nSPS) is 24.0. The van der Waals surface area contributed by atoms with Gasteiger partial charge < -0.3 is 20.3 Å². The minimum atomic E-state index is -0.247. The Bertz CT molecular complexity index is 582. The highest BCUT2D eigenvalue weighted by Gasteiger charge is 2.20. The van der Waals surface area contributed by atoms with Crippen molar-refractivity contribution in [1.82, 2.24) is 10.6 Å². The Morgan fingerprint density at radius 1 is 1.24 bits per heavy atom. The molecular formula is C19H28FN3O2. The zero-order valence-electron chi connectivity index (χ0n) is 14.9. The number of ether oxygens (including phenoxy) is 1. The summed E-state index contributed by atoms with van der Waals surface area (Å²) in [6.07, 6.45) is 4.41. The van der Waals surface area contributed by atoms with Crippen LogP contribution in [0.1, 0.15) is 38.2 Å². The van der Waals surface area contributed by atoms with E-state index in [1.807, 2.05) is 11.0 Å². The second-order valence-electron chi connectivity index (χ2n) is 7.17. The maximum Gasteiger partial charge on any atom is 0.315 e. The van der Waals surface area contributed by atoms with E-state index in [4.69, 9.17) is 4.74 Å². The summed E-state index contributed by atoms with van der Waals surface area (Å²) in [6.45, 7) is 5.25. The Labute approximate surface area is 148 Å². The molecule has 2 fully saturated rings. The van der Waals surface area contributed by atoms with E-state index in [2.05, 4.69) is 17.6 Å². The fourth-order valence-electron chi connectivity index (χ4n) is 3.54. The van der Waals surface area contributed by atoms with E-state index in [1.54, 1.807) is 6.07 Å². The van der Waals surface area contributed by atoms with Gasteiger partial charge in [-0.2, -0.15) is 0 Å². The molecule has 0 bridgehead atoms. The molecule has 0 atom stereocenters. The van der Waals surface area contributed by atoms with Gasteiger partial charge in [0.25, 0.3) is 0 Å². The maximum atomic E-state index is 14.4. The highest BCUT2D eigenvalue weighted by molar-refractivity contribution is 5.74. The van der Waals surface area contributed by atoms with Crippen LogP contribution in [0, 0.1) is 11.7 Å². The van der Waals surface area contributed by atoms with E-state index in [1.165, 1.54) is 18.9 Å². The van der Waals surface area contributed by atoms with Crippen LogP contribution in [0.2, 0.25) is 0 Å². The molecule has 2 aliphatic rings. The van der Waals surface area contributed by atoms with Gasteiger partial charge in [0.2, 0.25) is 0 Å². The Kier molecular flexibility index (Phi) is 6.13. The second-order valence-corrected chi connectivity index (χ2v) is 7.17. The first kappa shape index (κ1) is 18.0. The number of amides is 2. The van der Waals surface area contributed by atoms with Crippen molar-refractivity contribution in [2.24, 2.45) is 5.92 Å². The van der Waals surface area contributed by atoms with E-state index < -0.39 is 0 Å². The molecule has 2 amide bonds. The van der Waals surface area contributed by atoms with E-state index in [0.717, 1.165) is 24.3 Å². The molecule has 138 valence electrons. The van der Waals surface area contributed by atoms with Gasteiger partial charge >= 0.3 is 6.03 Å². The highest BCUT2D eigenvalue weighted by Crippen LogP contribution is 2.23. The Morgan fingerprint density at radius 3 is 2.64 bits per heavy atom. The largest absolute Gasteiger partial charge is 0.378 e. The van der Waals surface area contributed by atoms with Crippen LogP contribution in [-0.4, -0.2) is 38.4 Å². The van der Waals surface area contributed by atoms with Crippen molar-refractivity contribution in [1.29, 1.82) is 0 Å². The SMILES string of the molecule is CC1CCC(NC(=O)NCc2ccc(N3CCOCC3)c(F)c2)CC1. The number of carbonyl (C=O) groups is 1. The van der Waals surface area contributed by atoms with Crippen LogP contribution in [-0.2, 0) is 11.3 Å².